The van der Waals surface area contributed by atoms with Crippen LogP contribution in [0.1, 0.15) is 160 Å². The van der Waals surface area contributed by atoms with E-state index in [4.69, 9.17) is 30.4 Å². The van der Waals surface area contributed by atoms with E-state index < -0.39 is 11.9 Å². The molecule has 65 heavy (non-hydrogen) atoms. The third-order valence-electron chi connectivity index (χ3n) is 14.1. The van der Waals surface area contributed by atoms with Crippen molar-refractivity contribution >= 4 is 46.3 Å². The number of allylic oxidation sites excluding steroid dienone is 7. The number of fused-ring (bicyclic) bond motifs is 7. The zero-order valence-corrected chi connectivity index (χ0v) is 42.4. The summed E-state index contributed by atoms with van der Waals surface area (Å²) < 4.78 is 11.0. The van der Waals surface area contributed by atoms with Crippen molar-refractivity contribution in [1.29, 1.82) is 0 Å². The molecule has 4 aliphatic heterocycles. The van der Waals surface area contributed by atoms with Gasteiger partial charge in [-0.1, -0.05) is 130 Å². The standard InChI is InChI=1S/C55H72N4O5.Mg/c1-13-39-35(8)42-28-44-37(10)41(24-25-48(60)64-27-26-34(7)23-17-22-33(6)21-16-20-32(5)19-15-18-31(3)4)52(58-44)50-51(55(62)63-12)54(61)49-38(11)45(59-53(49)50)30-47-40(14-2)36(9)43(57-47)29-46(39)56-42;/h13,26,28-33,37,41,51H,1,8,14-25,27H2,2-7,9-12H3,(H-,58,59,61);/q-4;+2/p-1/b34-26+,43-29-,44-28-;/t32-,33-,37+,41+,51-;/m1./s1. The minimum Gasteiger partial charge on any atom is -0.757 e. The number of methoxy groups -OCH3 is 1. The van der Waals surface area contributed by atoms with E-state index in [1.54, 1.807) is 6.08 Å². The van der Waals surface area contributed by atoms with Crippen LogP contribution in [0.15, 0.2) is 88.2 Å². The van der Waals surface area contributed by atoms with Crippen LogP contribution in [0.25, 0.3) is 21.5 Å². The number of ketones is 1. The molecule has 6 rings (SSSR count). The molecule has 0 radical (unpaired) electrons. The van der Waals surface area contributed by atoms with Gasteiger partial charge in [-0.15, -0.1) is 17.1 Å². The van der Waals surface area contributed by atoms with E-state index in [0.29, 0.717) is 69.1 Å². The SMILES string of the molecule is C=CC1=C2/C=C3\[N-]C(=C(CC)[C-]3C)[CH-]c3[n-]c4c(c3C)C(=O)[C@H](C(=O)OC)/C4=C3/[N-]/C(=C\[C+]([N-]2)C1=C)[C@@H](C)[C@@H]3CCC(=O)OC/C=C(\C)CCC[C@H](C)CCC[C@H](C)CCCC(C)C.[Mg+2]. The number of rotatable bonds is 20. The van der Waals surface area contributed by atoms with Crippen LogP contribution >= 0.6 is 0 Å². The molecule has 1 aromatic heterocycles. The summed E-state index contributed by atoms with van der Waals surface area (Å²) in [5, 5.41) is 15.3. The van der Waals surface area contributed by atoms with E-state index in [9.17, 15) is 14.4 Å². The second-order valence-electron chi connectivity index (χ2n) is 19.3. The fraction of sp³-hybridized carbons (Fsp3) is 0.527. The number of nitrogens with zero attached hydrogens (tertiary/aromatic N) is 4. The molecule has 1 fully saturated rings. The van der Waals surface area contributed by atoms with Crippen LogP contribution in [-0.2, 0) is 19.1 Å². The van der Waals surface area contributed by atoms with Gasteiger partial charge in [-0.05, 0) is 86.3 Å². The van der Waals surface area contributed by atoms with Crippen LogP contribution in [0.2, 0.25) is 0 Å². The third-order valence-corrected chi connectivity index (χ3v) is 14.1. The van der Waals surface area contributed by atoms with E-state index in [1.165, 1.54) is 57.6 Å². The summed E-state index contributed by atoms with van der Waals surface area (Å²) in [6.45, 7) is 28.3. The summed E-state index contributed by atoms with van der Waals surface area (Å²) in [6, 6.07) is 0.640. The molecule has 0 unspecified atom stereocenters. The zero-order chi connectivity index (χ0) is 46.4. The second-order valence-corrected chi connectivity index (χ2v) is 19.3. The number of ether oxygens (including phenoxy) is 2. The first kappa shape index (κ1) is 51.6. The van der Waals surface area contributed by atoms with Crippen LogP contribution in [0.3, 0.4) is 0 Å². The van der Waals surface area contributed by atoms with Crippen molar-refractivity contribution in [2.75, 3.05) is 13.7 Å². The smallest absolute Gasteiger partial charge is 0.757 e. The Morgan fingerprint density at radius 1 is 1.03 bits per heavy atom. The summed E-state index contributed by atoms with van der Waals surface area (Å²) >= 11 is 0. The largest absolute Gasteiger partial charge is 2.00 e. The Balaban J connectivity index is 0.00000793. The average molecular weight is 893 g/mol. The van der Waals surface area contributed by atoms with E-state index >= 15 is 0 Å². The molecule has 5 aliphatic rings. The normalized spacial score (nSPS) is 23.9. The van der Waals surface area contributed by atoms with Gasteiger partial charge in [0, 0.05) is 17.9 Å². The number of hydrogen-bond donors (Lipinski definition) is 0. The monoisotopic (exact) mass is 892 g/mol. The predicted octanol–water partition coefficient (Wildman–Crippen LogP) is 13.5. The van der Waals surface area contributed by atoms with Crippen molar-refractivity contribution in [3.63, 3.8) is 0 Å². The number of carbonyl (C=O) groups excluding carboxylic acids is 3. The predicted molar refractivity (Wildman–Crippen MR) is 264 cm³/mol. The quantitative estimate of drug-likeness (QED) is 0.0422. The molecule has 1 aliphatic carbocycles. The summed E-state index contributed by atoms with van der Waals surface area (Å²) in [7, 11) is 1.29. The van der Waals surface area contributed by atoms with Gasteiger partial charge in [0.25, 0.3) is 0 Å². The van der Waals surface area contributed by atoms with Crippen molar-refractivity contribution in [2.24, 2.45) is 35.5 Å². The molecule has 0 amide bonds. The maximum atomic E-state index is 14.4. The van der Waals surface area contributed by atoms with Gasteiger partial charge in [0.2, 0.25) is 0 Å². The van der Waals surface area contributed by atoms with Gasteiger partial charge in [0.15, 0.2) is 5.78 Å². The van der Waals surface area contributed by atoms with Gasteiger partial charge < -0.3 is 36.1 Å². The Morgan fingerprint density at radius 3 is 2.35 bits per heavy atom. The second kappa shape index (κ2) is 22.9. The van der Waals surface area contributed by atoms with E-state index in [-0.39, 0.29) is 59.7 Å². The average Bonchev–Trinajstić information content (AvgIpc) is 3.99. The number of hydrogen-bond acceptors (Lipinski definition) is 5. The van der Waals surface area contributed by atoms with Gasteiger partial charge in [-0.25, -0.2) is 5.92 Å². The molecule has 10 heteroatoms. The molecule has 5 atom stereocenters. The van der Waals surface area contributed by atoms with Gasteiger partial charge >= 0.3 is 35.0 Å². The first-order valence-electron chi connectivity index (χ1n) is 23.9. The molecule has 5 heterocycles. The molecule has 1 saturated heterocycles. The molecule has 346 valence electrons. The van der Waals surface area contributed by atoms with Gasteiger partial charge in [-0.2, -0.15) is 11.6 Å². The summed E-state index contributed by atoms with van der Waals surface area (Å²) in [5.41, 5.74) is 9.88. The van der Waals surface area contributed by atoms with E-state index in [0.717, 1.165) is 59.6 Å². The molecule has 0 saturated carbocycles. The Kier molecular flexibility index (Phi) is 18.1. The van der Waals surface area contributed by atoms with Crippen molar-refractivity contribution in [1.82, 2.24) is 4.98 Å². The summed E-state index contributed by atoms with van der Waals surface area (Å²) in [5.74, 6) is 0.231. The fourth-order valence-corrected chi connectivity index (χ4v) is 9.98. The third kappa shape index (κ3) is 11.6. The molecular formula is C55H71MgN4O5-3. The van der Waals surface area contributed by atoms with Gasteiger partial charge in [0.05, 0.1) is 12.7 Å². The number of Topliss-reactive ketones (excluding diaryl/α,β-unsaturated/α-hetero) is 1. The van der Waals surface area contributed by atoms with Crippen molar-refractivity contribution in [2.45, 2.75) is 139 Å². The van der Waals surface area contributed by atoms with Crippen LogP contribution in [0, 0.1) is 60.8 Å². The first-order chi connectivity index (χ1) is 30.6. The molecule has 9 nitrogen and oxygen atoms in total. The van der Waals surface area contributed by atoms with Crippen molar-refractivity contribution in [3.8, 4) is 0 Å². The first-order valence-corrected chi connectivity index (χ1v) is 23.9. The van der Waals surface area contributed by atoms with Crippen molar-refractivity contribution in [3.05, 3.63) is 145 Å². The van der Waals surface area contributed by atoms with Crippen LogP contribution in [-0.4, -0.2) is 54.5 Å². The molecule has 1 aromatic rings. The minimum absolute atomic E-state index is 0. The molecule has 0 spiro atoms. The Labute approximate surface area is 406 Å². The van der Waals surface area contributed by atoms with E-state index in [1.807, 2.05) is 31.6 Å². The molecule has 8 bridgehead atoms. The molecule has 0 aromatic carbocycles. The molecule has 0 N–H and O–H groups in total. The van der Waals surface area contributed by atoms with Crippen LogP contribution in [0.5, 0.6) is 0 Å². The van der Waals surface area contributed by atoms with Gasteiger partial charge in [-0.3, -0.25) is 37.8 Å². The number of carbonyl (C=O) groups is 3. The summed E-state index contributed by atoms with van der Waals surface area (Å²) in [4.78, 5) is 46.4. The maximum absolute atomic E-state index is 14.4. The fourth-order valence-electron chi connectivity index (χ4n) is 9.98. The Hall–Kier alpha value is -4.41. The molecular weight excluding hydrogens is 821 g/mol. The summed E-state index contributed by atoms with van der Waals surface area (Å²) in [6.07, 6.45) is 22.1. The maximum Gasteiger partial charge on any atom is 2.00 e. The van der Waals surface area contributed by atoms with Crippen LogP contribution < -0.4 is 4.98 Å². The van der Waals surface area contributed by atoms with Gasteiger partial charge in [0.1, 0.15) is 12.5 Å². The Morgan fingerprint density at radius 2 is 1.71 bits per heavy atom. The Bertz CT molecular complexity index is 2180. The zero-order valence-electron chi connectivity index (χ0n) is 41.0. The minimum atomic E-state index is -1.23. The van der Waals surface area contributed by atoms with E-state index in [2.05, 4.69) is 68.5 Å². The van der Waals surface area contributed by atoms with Crippen LogP contribution in [0.4, 0.5) is 0 Å². The number of aromatic nitrogens is 1. The van der Waals surface area contributed by atoms with Crippen molar-refractivity contribution < 1.29 is 23.9 Å². The topological polar surface area (TPSA) is 126 Å². The number of esters is 2.